The average Bonchev–Trinajstić information content (AvgIpc) is 2.46. The second kappa shape index (κ2) is 5.54. The maximum Gasteiger partial charge on any atom is 0.337 e. The molecule has 2 aromatic rings. The molecule has 2 rings (SSSR count). The SMILES string of the molecule is CNC(C)(C)C(=O)Nc1cc2ccccc2cc1C(=O)O. The summed E-state index contributed by atoms with van der Waals surface area (Å²) in [5.74, 6) is -1.36. The monoisotopic (exact) mass is 286 g/mol. The molecule has 0 atom stereocenters. The van der Waals surface area contributed by atoms with Gasteiger partial charge in [0, 0.05) is 0 Å². The Labute approximate surface area is 123 Å². The number of carbonyl (C=O) groups excluding carboxylic acids is 1. The van der Waals surface area contributed by atoms with E-state index in [9.17, 15) is 14.7 Å². The number of carbonyl (C=O) groups is 2. The maximum absolute atomic E-state index is 12.2. The van der Waals surface area contributed by atoms with Crippen molar-refractivity contribution in [2.75, 3.05) is 12.4 Å². The van der Waals surface area contributed by atoms with Crippen LogP contribution in [0.2, 0.25) is 0 Å². The summed E-state index contributed by atoms with van der Waals surface area (Å²) >= 11 is 0. The van der Waals surface area contributed by atoms with Gasteiger partial charge in [0.25, 0.3) is 0 Å². The van der Waals surface area contributed by atoms with Crippen LogP contribution >= 0.6 is 0 Å². The van der Waals surface area contributed by atoms with E-state index in [1.807, 2.05) is 24.3 Å². The molecular weight excluding hydrogens is 268 g/mol. The molecular formula is C16H18N2O3. The minimum Gasteiger partial charge on any atom is -0.478 e. The van der Waals surface area contributed by atoms with Gasteiger partial charge in [0.2, 0.25) is 5.91 Å². The molecule has 0 aromatic heterocycles. The summed E-state index contributed by atoms with van der Waals surface area (Å²) in [5, 5.41) is 16.6. The van der Waals surface area contributed by atoms with Crippen LogP contribution < -0.4 is 10.6 Å². The summed E-state index contributed by atoms with van der Waals surface area (Å²) in [4.78, 5) is 23.6. The van der Waals surface area contributed by atoms with Gasteiger partial charge < -0.3 is 15.7 Å². The van der Waals surface area contributed by atoms with Crippen molar-refractivity contribution >= 4 is 28.3 Å². The first-order valence-electron chi connectivity index (χ1n) is 6.61. The first-order chi connectivity index (χ1) is 9.85. The summed E-state index contributed by atoms with van der Waals surface area (Å²) < 4.78 is 0. The van der Waals surface area contributed by atoms with Crippen LogP contribution in [0.15, 0.2) is 36.4 Å². The van der Waals surface area contributed by atoms with Crippen molar-refractivity contribution in [3.8, 4) is 0 Å². The van der Waals surface area contributed by atoms with Gasteiger partial charge in [-0.1, -0.05) is 24.3 Å². The molecule has 0 spiro atoms. The van der Waals surface area contributed by atoms with Crippen molar-refractivity contribution in [3.63, 3.8) is 0 Å². The summed E-state index contributed by atoms with van der Waals surface area (Å²) in [6, 6.07) is 10.7. The molecule has 0 unspecified atom stereocenters. The Kier molecular flexibility index (Phi) is 3.95. The molecule has 0 bridgehead atoms. The molecule has 21 heavy (non-hydrogen) atoms. The van der Waals surface area contributed by atoms with Gasteiger partial charge in [0.05, 0.1) is 16.8 Å². The smallest absolute Gasteiger partial charge is 0.337 e. The van der Waals surface area contributed by atoms with E-state index >= 15 is 0 Å². The number of rotatable bonds is 4. The molecule has 2 aromatic carbocycles. The van der Waals surface area contributed by atoms with Gasteiger partial charge in [-0.15, -0.1) is 0 Å². The van der Waals surface area contributed by atoms with Crippen LogP contribution in [-0.2, 0) is 4.79 Å². The third-order valence-electron chi connectivity index (χ3n) is 3.56. The number of hydrogen-bond acceptors (Lipinski definition) is 3. The molecule has 110 valence electrons. The topological polar surface area (TPSA) is 78.4 Å². The van der Waals surface area contributed by atoms with E-state index in [4.69, 9.17) is 0 Å². The number of benzene rings is 2. The van der Waals surface area contributed by atoms with E-state index in [1.165, 1.54) is 0 Å². The molecule has 0 saturated carbocycles. The van der Waals surface area contributed by atoms with E-state index in [-0.39, 0.29) is 11.5 Å². The number of hydrogen-bond donors (Lipinski definition) is 3. The average molecular weight is 286 g/mol. The standard InChI is InChI=1S/C16H18N2O3/c1-16(2,17-3)15(21)18-13-9-11-7-5-4-6-10(11)8-12(13)14(19)20/h4-9,17H,1-3H3,(H,18,21)(H,19,20). The van der Waals surface area contributed by atoms with Crippen LogP contribution in [0.25, 0.3) is 10.8 Å². The second-order valence-electron chi connectivity index (χ2n) is 5.38. The lowest BCUT2D eigenvalue weighted by molar-refractivity contribution is -0.121. The predicted octanol–water partition coefficient (Wildman–Crippen LogP) is 2.47. The lowest BCUT2D eigenvalue weighted by Crippen LogP contribution is -2.48. The number of nitrogens with one attached hydrogen (secondary N) is 2. The van der Waals surface area contributed by atoms with Crippen molar-refractivity contribution in [1.82, 2.24) is 5.32 Å². The highest BCUT2D eigenvalue weighted by atomic mass is 16.4. The van der Waals surface area contributed by atoms with Gasteiger partial charge in [-0.25, -0.2) is 4.79 Å². The van der Waals surface area contributed by atoms with Crippen LogP contribution in [-0.4, -0.2) is 29.6 Å². The van der Waals surface area contributed by atoms with E-state index < -0.39 is 11.5 Å². The number of carboxylic acid groups (broad SMARTS) is 1. The number of carboxylic acids is 1. The molecule has 0 saturated heterocycles. The minimum atomic E-state index is -1.07. The molecule has 0 aliphatic rings. The number of amides is 1. The Balaban J connectivity index is 2.49. The molecule has 5 heteroatoms. The zero-order chi connectivity index (χ0) is 15.6. The van der Waals surface area contributed by atoms with Gasteiger partial charge in [-0.05, 0) is 43.8 Å². The van der Waals surface area contributed by atoms with Crippen molar-refractivity contribution < 1.29 is 14.7 Å². The fourth-order valence-electron chi connectivity index (χ4n) is 1.91. The number of likely N-dealkylation sites (N-methyl/N-ethyl adjacent to an activating group) is 1. The van der Waals surface area contributed by atoms with Gasteiger partial charge >= 0.3 is 5.97 Å². The van der Waals surface area contributed by atoms with E-state index in [2.05, 4.69) is 10.6 Å². The molecule has 0 fully saturated rings. The summed E-state index contributed by atoms with van der Waals surface area (Å²) in [6.45, 7) is 3.45. The molecule has 3 N–H and O–H groups in total. The van der Waals surface area contributed by atoms with Crippen LogP contribution in [0.1, 0.15) is 24.2 Å². The largest absolute Gasteiger partial charge is 0.478 e. The molecule has 0 aliphatic heterocycles. The number of anilines is 1. The number of aromatic carboxylic acids is 1. The van der Waals surface area contributed by atoms with Crippen LogP contribution in [0.3, 0.4) is 0 Å². The zero-order valence-electron chi connectivity index (χ0n) is 12.2. The molecule has 5 nitrogen and oxygen atoms in total. The molecule has 1 amide bonds. The second-order valence-corrected chi connectivity index (χ2v) is 5.38. The fraction of sp³-hybridized carbons (Fsp3) is 0.250. The number of fused-ring (bicyclic) bond motifs is 1. The predicted molar refractivity (Wildman–Crippen MR) is 82.7 cm³/mol. The van der Waals surface area contributed by atoms with Gasteiger partial charge in [0.15, 0.2) is 0 Å². The Bertz CT molecular complexity index is 708. The Morgan fingerprint density at radius 2 is 1.67 bits per heavy atom. The molecule has 0 radical (unpaired) electrons. The molecule has 0 aliphatic carbocycles. The van der Waals surface area contributed by atoms with Crippen molar-refractivity contribution in [2.45, 2.75) is 19.4 Å². The first kappa shape index (κ1) is 15.0. The Morgan fingerprint density at radius 1 is 1.10 bits per heavy atom. The van der Waals surface area contributed by atoms with Crippen LogP contribution in [0.4, 0.5) is 5.69 Å². The van der Waals surface area contributed by atoms with Crippen LogP contribution in [0, 0.1) is 0 Å². The normalized spacial score (nSPS) is 11.4. The summed E-state index contributed by atoms with van der Waals surface area (Å²) in [7, 11) is 1.68. The quantitative estimate of drug-likeness (QED) is 0.807. The van der Waals surface area contributed by atoms with E-state index in [0.29, 0.717) is 5.69 Å². The van der Waals surface area contributed by atoms with Gasteiger partial charge in [-0.2, -0.15) is 0 Å². The Hall–Kier alpha value is -2.40. The van der Waals surface area contributed by atoms with Gasteiger partial charge in [0.1, 0.15) is 0 Å². The highest BCUT2D eigenvalue weighted by Gasteiger charge is 2.26. The minimum absolute atomic E-state index is 0.0777. The van der Waals surface area contributed by atoms with Gasteiger partial charge in [-0.3, -0.25) is 4.79 Å². The first-order valence-corrected chi connectivity index (χ1v) is 6.61. The highest BCUT2D eigenvalue weighted by Crippen LogP contribution is 2.25. The Morgan fingerprint density at radius 3 is 2.19 bits per heavy atom. The lowest BCUT2D eigenvalue weighted by atomic mass is 10.0. The maximum atomic E-state index is 12.2. The van der Waals surface area contributed by atoms with Crippen molar-refractivity contribution in [1.29, 1.82) is 0 Å². The van der Waals surface area contributed by atoms with Crippen molar-refractivity contribution in [3.05, 3.63) is 42.0 Å². The third kappa shape index (κ3) is 3.03. The summed E-state index contributed by atoms with van der Waals surface area (Å²) in [5.41, 5.74) is -0.412. The third-order valence-corrected chi connectivity index (χ3v) is 3.56. The van der Waals surface area contributed by atoms with Crippen LogP contribution in [0.5, 0.6) is 0 Å². The highest BCUT2D eigenvalue weighted by molar-refractivity contribution is 6.07. The zero-order valence-corrected chi connectivity index (χ0v) is 12.2. The van der Waals surface area contributed by atoms with Crippen molar-refractivity contribution in [2.24, 2.45) is 0 Å². The molecule has 0 heterocycles. The van der Waals surface area contributed by atoms with E-state index in [0.717, 1.165) is 10.8 Å². The lowest BCUT2D eigenvalue weighted by Gasteiger charge is -2.23. The fourth-order valence-corrected chi connectivity index (χ4v) is 1.91. The van der Waals surface area contributed by atoms with E-state index in [1.54, 1.807) is 33.0 Å². The summed E-state index contributed by atoms with van der Waals surface area (Å²) in [6.07, 6.45) is 0.